The third kappa shape index (κ3) is 2.68. The van der Waals surface area contributed by atoms with Crippen LogP contribution in [0.5, 0.6) is 0 Å². The van der Waals surface area contributed by atoms with Gasteiger partial charge in [0.05, 0.1) is 0 Å². The molecule has 0 spiro atoms. The number of carbonyl (C=O) groups is 3. The van der Waals surface area contributed by atoms with Gasteiger partial charge in [0, 0.05) is 25.4 Å². The Morgan fingerprint density at radius 3 is 2.73 bits per heavy atom. The molecule has 0 aliphatic carbocycles. The van der Waals surface area contributed by atoms with Crippen LogP contribution in [-0.2, 0) is 9.59 Å². The topological polar surface area (TPSA) is 86.7 Å². The lowest BCUT2D eigenvalue weighted by Crippen LogP contribution is -2.38. The average Bonchev–Trinajstić information content (AvgIpc) is 2.44. The van der Waals surface area contributed by atoms with Crippen molar-refractivity contribution >= 4 is 17.9 Å². The van der Waals surface area contributed by atoms with E-state index in [0.29, 0.717) is 6.42 Å². The van der Waals surface area contributed by atoms with Crippen LogP contribution in [0.3, 0.4) is 0 Å². The van der Waals surface area contributed by atoms with Crippen molar-refractivity contribution < 1.29 is 19.5 Å². The van der Waals surface area contributed by atoms with E-state index in [2.05, 4.69) is 5.32 Å². The summed E-state index contributed by atoms with van der Waals surface area (Å²) in [5.74, 6) is -0.615. The molecule has 3 amide bonds. The Kier molecular flexibility index (Phi) is 3.65. The number of hydrogen-bond donors (Lipinski definition) is 2. The third-order valence-corrected chi connectivity index (χ3v) is 2.44. The second kappa shape index (κ2) is 4.77. The summed E-state index contributed by atoms with van der Waals surface area (Å²) in [6.45, 7) is 2.07. The number of amides is 3. The second-order valence-corrected chi connectivity index (χ2v) is 3.42. The predicted molar refractivity (Wildman–Crippen MR) is 51.1 cm³/mol. The number of rotatable bonds is 4. The maximum Gasteiger partial charge on any atom is 0.404 e. The van der Waals surface area contributed by atoms with Crippen LogP contribution in [0.1, 0.15) is 19.8 Å². The van der Waals surface area contributed by atoms with Crippen LogP contribution in [0, 0.1) is 5.92 Å². The smallest absolute Gasteiger partial charge is 0.404 e. The highest BCUT2D eigenvalue weighted by Gasteiger charge is 2.36. The van der Waals surface area contributed by atoms with E-state index in [4.69, 9.17) is 5.11 Å². The monoisotopic (exact) mass is 214 g/mol. The van der Waals surface area contributed by atoms with Crippen LogP contribution in [0.15, 0.2) is 0 Å². The van der Waals surface area contributed by atoms with Crippen LogP contribution in [0.2, 0.25) is 0 Å². The molecule has 0 radical (unpaired) electrons. The Labute approximate surface area is 87.2 Å². The molecular formula is C9H14N2O4. The summed E-state index contributed by atoms with van der Waals surface area (Å²) in [7, 11) is 0. The minimum absolute atomic E-state index is 0.0866. The third-order valence-electron chi connectivity index (χ3n) is 2.44. The zero-order valence-corrected chi connectivity index (χ0v) is 8.52. The highest BCUT2D eigenvalue weighted by molar-refractivity contribution is 6.03. The van der Waals surface area contributed by atoms with E-state index in [1.807, 2.05) is 6.92 Å². The van der Waals surface area contributed by atoms with Crippen molar-refractivity contribution in [1.82, 2.24) is 10.2 Å². The first kappa shape index (κ1) is 11.5. The molecule has 0 saturated carbocycles. The van der Waals surface area contributed by atoms with Crippen LogP contribution in [-0.4, -0.2) is 41.0 Å². The number of nitrogens with zero attached hydrogens (tertiary/aromatic N) is 1. The van der Waals surface area contributed by atoms with E-state index >= 15 is 0 Å². The molecule has 1 heterocycles. The molecule has 0 unspecified atom stereocenters. The number of imide groups is 1. The Hall–Kier alpha value is -1.59. The van der Waals surface area contributed by atoms with Crippen molar-refractivity contribution in [3.63, 3.8) is 0 Å². The molecule has 1 fully saturated rings. The molecule has 0 aromatic rings. The number of carbonyl (C=O) groups excluding carboxylic acids is 2. The number of nitrogens with one attached hydrogen (secondary N) is 1. The van der Waals surface area contributed by atoms with E-state index in [-0.39, 0.29) is 37.2 Å². The number of carboxylic acid groups (broad SMARTS) is 1. The Bertz CT molecular complexity index is 290. The maximum absolute atomic E-state index is 11.6. The average molecular weight is 214 g/mol. The molecule has 15 heavy (non-hydrogen) atoms. The molecule has 0 aromatic heterocycles. The minimum atomic E-state index is -1.15. The lowest BCUT2D eigenvalue weighted by molar-refractivity contribution is -0.139. The van der Waals surface area contributed by atoms with Gasteiger partial charge < -0.3 is 10.4 Å². The first-order valence-electron chi connectivity index (χ1n) is 4.87. The number of likely N-dealkylation sites (tertiary alicyclic amines) is 1. The molecule has 2 N–H and O–H groups in total. The molecule has 6 nitrogen and oxygen atoms in total. The van der Waals surface area contributed by atoms with Gasteiger partial charge in [-0.25, -0.2) is 4.79 Å². The van der Waals surface area contributed by atoms with Crippen molar-refractivity contribution in [1.29, 1.82) is 0 Å². The van der Waals surface area contributed by atoms with Crippen LogP contribution >= 0.6 is 0 Å². The fourth-order valence-corrected chi connectivity index (χ4v) is 1.58. The molecule has 0 bridgehead atoms. The summed E-state index contributed by atoms with van der Waals surface area (Å²) >= 11 is 0. The first-order chi connectivity index (χ1) is 7.06. The molecule has 1 atom stereocenters. The zero-order chi connectivity index (χ0) is 11.4. The van der Waals surface area contributed by atoms with Gasteiger partial charge in [-0.2, -0.15) is 0 Å². The van der Waals surface area contributed by atoms with Gasteiger partial charge in [0.25, 0.3) is 0 Å². The fourth-order valence-electron chi connectivity index (χ4n) is 1.58. The summed E-state index contributed by atoms with van der Waals surface area (Å²) < 4.78 is 0. The predicted octanol–water partition coefficient (Wildman–Crippen LogP) is 0.0391. The Morgan fingerprint density at radius 1 is 1.60 bits per heavy atom. The van der Waals surface area contributed by atoms with Crippen molar-refractivity contribution in [2.75, 3.05) is 13.1 Å². The van der Waals surface area contributed by atoms with Gasteiger partial charge in [0.1, 0.15) is 0 Å². The minimum Gasteiger partial charge on any atom is -0.465 e. The van der Waals surface area contributed by atoms with E-state index in [1.54, 1.807) is 0 Å². The van der Waals surface area contributed by atoms with Gasteiger partial charge in [0.2, 0.25) is 11.8 Å². The van der Waals surface area contributed by atoms with Crippen molar-refractivity contribution in [2.24, 2.45) is 5.92 Å². The highest BCUT2D eigenvalue weighted by Crippen LogP contribution is 2.21. The zero-order valence-electron chi connectivity index (χ0n) is 8.52. The van der Waals surface area contributed by atoms with Gasteiger partial charge in [-0.1, -0.05) is 6.92 Å². The summed E-state index contributed by atoms with van der Waals surface area (Å²) in [5, 5.41) is 10.4. The van der Waals surface area contributed by atoms with E-state index in [1.165, 1.54) is 0 Å². The summed E-state index contributed by atoms with van der Waals surface area (Å²) in [4.78, 5) is 34.2. The quantitative estimate of drug-likeness (QED) is 0.647. The van der Waals surface area contributed by atoms with Gasteiger partial charge in [-0.3, -0.25) is 14.5 Å². The van der Waals surface area contributed by atoms with Crippen molar-refractivity contribution in [3.05, 3.63) is 0 Å². The Balaban J connectivity index is 2.44. The molecule has 1 aliphatic heterocycles. The first-order valence-corrected chi connectivity index (χ1v) is 4.87. The summed E-state index contributed by atoms with van der Waals surface area (Å²) in [6.07, 6.45) is -0.253. The molecule has 84 valence electrons. The highest BCUT2D eigenvalue weighted by atomic mass is 16.4. The standard InChI is InChI=1S/C9H14N2O4/c1-2-6-5-7(12)11(8(6)13)4-3-10-9(14)15/h6,10H,2-5H2,1H3,(H,14,15)/t6-/m0/s1. The molecule has 0 aromatic carbocycles. The molecule has 6 heteroatoms. The molecule has 1 aliphatic rings. The fraction of sp³-hybridized carbons (Fsp3) is 0.667. The lowest BCUT2D eigenvalue weighted by atomic mass is 10.1. The Morgan fingerprint density at radius 2 is 2.27 bits per heavy atom. The largest absolute Gasteiger partial charge is 0.465 e. The van der Waals surface area contributed by atoms with Gasteiger partial charge >= 0.3 is 6.09 Å². The lowest BCUT2D eigenvalue weighted by Gasteiger charge is -2.14. The molecular weight excluding hydrogens is 200 g/mol. The normalized spacial score (nSPS) is 20.9. The SMILES string of the molecule is CC[C@H]1CC(=O)N(CCNC(=O)O)C1=O. The van der Waals surface area contributed by atoms with Crippen molar-refractivity contribution in [2.45, 2.75) is 19.8 Å². The van der Waals surface area contributed by atoms with Crippen LogP contribution in [0.4, 0.5) is 4.79 Å². The number of hydrogen-bond acceptors (Lipinski definition) is 3. The second-order valence-electron chi connectivity index (χ2n) is 3.42. The van der Waals surface area contributed by atoms with E-state index in [9.17, 15) is 14.4 Å². The molecule has 1 saturated heterocycles. The van der Waals surface area contributed by atoms with E-state index < -0.39 is 6.09 Å². The van der Waals surface area contributed by atoms with Gasteiger partial charge in [-0.05, 0) is 6.42 Å². The van der Waals surface area contributed by atoms with Gasteiger partial charge in [-0.15, -0.1) is 0 Å². The van der Waals surface area contributed by atoms with E-state index in [0.717, 1.165) is 4.90 Å². The van der Waals surface area contributed by atoms with Gasteiger partial charge in [0.15, 0.2) is 0 Å². The molecule has 1 rings (SSSR count). The van der Waals surface area contributed by atoms with Crippen molar-refractivity contribution in [3.8, 4) is 0 Å². The van der Waals surface area contributed by atoms with Crippen LogP contribution < -0.4 is 5.32 Å². The maximum atomic E-state index is 11.6. The summed E-state index contributed by atoms with van der Waals surface area (Å²) in [6, 6.07) is 0. The summed E-state index contributed by atoms with van der Waals surface area (Å²) in [5.41, 5.74) is 0. The van der Waals surface area contributed by atoms with Crippen LogP contribution in [0.25, 0.3) is 0 Å².